The van der Waals surface area contributed by atoms with Crippen molar-refractivity contribution in [1.29, 1.82) is 0 Å². The van der Waals surface area contributed by atoms with Crippen molar-refractivity contribution in [3.05, 3.63) is 17.5 Å². The van der Waals surface area contributed by atoms with Crippen LogP contribution >= 0.6 is 10.7 Å². The Morgan fingerprint density at radius 2 is 2.07 bits per heavy atom. The quantitative estimate of drug-likeness (QED) is 0.750. The van der Waals surface area contributed by atoms with Gasteiger partial charge in [0.05, 0.1) is 0 Å². The highest BCUT2D eigenvalue weighted by atomic mass is 35.7. The maximum atomic E-state index is 11.9. The van der Waals surface area contributed by atoms with Crippen LogP contribution in [0.4, 0.5) is 13.2 Å². The number of alkyl halides is 3. The topological polar surface area (TPSA) is 60.2 Å². The second kappa shape index (κ2) is 3.43. The fourth-order valence-electron chi connectivity index (χ4n) is 0.690. The van der Waals surface area contributed by atoms with Gasteiger partial charge in [-0.2, -0.15) is 13.2 Å². The number of rotatable bonds is 2. The van der Waals surface area contributed by atoms with Gasteiger partial charge < -0.3 is 4.52 Å². The molecular weight excluding hydrogens is 247 g/mol. The Labute approximate surface area is 81.1 Å². The highest BCUT2D eigenvalue weighted by Gasteiger charge is 2.36. The molecular formula is C5H3ClF3NO3S. The molecule has 0 N–H and O–H groups in total. The third-order valence-electron chi connectivity index (χ3n) is 1.16. The zero-order chi connectivity index (χ0) is 11.0. The third-order valence-corrected chi connectivity index (χ3v) is 2.13. The van der Waals surface area contributed by atoms with E-state index in [1.165, 1.54) is 0 Å². The van der Waals surface area contributed by atoms with Crippen LogP contribution in [0.3, 0.4) is 0 Å². The highest BCUT2D eigenvalue weighted by Crippen LogP contribution is 2.29. The molecule has 0 bridgehead atoms. The van der Waals surface area contributed by atoms with E-state index in [0.29, 0.717) is 6.07 Å². The SMILES string of the molecule is O=S(=O)(Cl)Cc1cc(C(F)(F)F)on1. The van der Waals surface area contributed by atoms with Gasteiger partial charge in [0.25, 0.3) is 0 Å². The summed E-state index contributed by atoms with van der Waals surface area (Å²) in [6.07, 6.45) is -4.68. The fourth-order valence-corrected chi connectivity index (χ4v) is 1.51. The third kappa shape index (κ3) is 3.18. The Kier molecular flexibility index (Phi) is 2.77. The zero-order valence-electron chi connectivity index (χ0n) is 6.38. The lowest BCUT2D eigenvalue weighted by molar-refractivity contribution is -0.155. The maximum absolute atomic E-state index is 11.9. The second-order valence-electron chi connectivity index (χ2n) is 2.36. The van der Waals surface area contributed by atoms with Gasteiger partial charge in [0.15, 0.2) is 0 Å². The van der Waals surface area contributed by atoms with Gasteiger partial charge in [-0.1, -0.05) is 5.16 Å². The van der Waals surface area contributed by atoms with Gasteiger partial charge in [-0.05, 0) is 0 Å². The largest absolute Gasteiger partial charge is 0.452 e. The predicted molar refractivity (Wildman–Crippen MR) is 40.0 cm³/mol. The molecule has 0 atom stereocenters. The van der Waals surface area contributed by atoms with Crippen LogP contribution < -0.4 is 0 Å². The first kappa shape index (κ1) is 11.3. The molecule has 4 nitrogen and oxygen atoms in total. The van der Waals surface area contributed by atoms with Crippen molar-refractivity contribution in [2.75, 3.05) is 0 Å². The lowest BCUT2D eigenvalue weighted by Gasteiger charge is -1.97. The van der Waals surface area contributed by atoms with Crippen LogP contribution in [0.2, 0.25) is 0 Å². The molecule has 1 rings (SSSR count). The van der Waals surface area contributed by atoms with Gasteiger partial charge in [-0.25, -0.2) is 8.42 Å². The summed E-state index contributed by atoms with van der Waals surface area (Å²) < 4.78 is 60.6. The Morgan fingerprint density at radius 1 is 1.50 bits per heavy atom. The molecule has 1 aromatic rings. The summed E-state index contributed by atoms with van der Waals surface area (Å²) >= 11 is 0. The minimum atomic E-state index is -4.68. The molecule has 0 aliphatic carbocycles. The van der Waals surface area contributed by atoms with Gasteiger partial charge in [0, 0.05) is 16.7 Å². The van der Waals surface area contributed by atoms with Crippen LogP contribution in [0.15, 0.2) is 10.6 Å². The molecule has 0 fully saturated rings. The first-order valence-electron chi connectivity index (χ1n) is 3.13. The zero-order valence-corrected chi connectivity index (χ0v) is 7.95. The van der Waals surface area contributed by atoms with Gasteiger partial charge in [-0.15, -0.1) is 0 Å². The molecule has 9 heteroatoms. The van der Waals surface area contributed by atoms with Crippen LogP contribution in [0, 0.1) is 0 Å². The van der Waals surface area contributed by atoms with E-state index >= 15 is 0 Å². The van der Waals surface area contributed by atoms with E-state index in [2.05, 4.69) is 9.68 Å². The number of nitrogens with zero attached hydrogens (tertiary/aromatic N) is 1. The number of halogens is 4. The van der Waals surface area contributed by atoms with Crippen molar-refractivity contribution in [3.8, 4) is 0 Å². The van der Waals surface area contributed by atoms with Crippen molar-refractivity contribution < 1.29 is 26.1 Å². The van der Waals surface area contributed by atoms with Crippen molar-refractivity contribution in [2.24, 2.45) is 0 Å². The standard InChI is InChI=1S/C5H3ClF3NO3S/c6-14(11,12)2-3-1-4(13-10-3)5(7,8)9/h1H,2H2. The Bertz CT molecular complexity index is 424. The molecule has 80 valence electrons. The van der Waals surface area contributed by atoms with Gasteiger partial charge in [-0.3, -0.25) is 0 Å². The molecule has 0 spiro atoms. The molecule has 0 aromatic carbocycles. The molecule has 1 heterocycles. The first-order chi connectivity index (χ1) is 6.18. The average Bonchev–Trinajstić information content (AvgIpc) is 2.29. The summed E-state index contributed by atoms with van der Waals surface area (Å²) in [5, 5.41) is 2.91. The van der Waals surface area contributed by atoms with E-state index in [9.17, 15) is 21.6 Å². The Morgan fingerprint density at radius 3 is 2.43 bits per heavy atom. The molecule has 0 aliphatic heterocycles. The van der Waals surface area contributed by atoms with E-state index in [1.807, 2.05) is 0 Å². The van der Waals surface area contributed by atoms with E-state index in [4.69, 9.17) is 10.7 Å². The Hall–Kier alpha value is -0.760. The number of hydrogen-bond acceptors (Lipinski definition) is 4. The summed E-state index contributed by atoms with van der Waals surface area (Å²) in [4.78, 5) is 0. The summed E-state index contributed by atoms with van der Waals surface area (Å²) in [7, 11) is 0.874. The first-order valence-corrected chi connectivity index (χ1v) is 5.61. The normalized spacial score (nSPS) is 13.1. The molecule has 1 aromatic heterocycles. The predicted octanol–water partition coefficient (Wildman–Crippen LogP) is 1.76. The lowest BCUT2D eigenvalue weighted by atomic mass is 10.4. The molecule has 14 heavy (non-hydrogen) atoms. The van der Waals surface area contributed by atoms with E-state index in [-0.39, 0.29) is 5.69 Å². The smallest absolute Gasteiger partial charge is 0.351 e. The van der Waals surface area contributed by atoms with Crippen molar-refractivity contribution in [2.45, 2.75) is 11.9 Å². The molecule has 0 radical (unpaired) electrons. The van der Waals surface area contributed by atoms with Crippen LogP contribution in [0.25, 0.3) is 0 Å². The Balaban J connectivity index is 2.90. The monoisotopic (exact) mass is 249 g/mol. The van der Waals surface area contributed by atoms with Crippen molar-refractivity contribution in [3.63, 3.8) is 0 Å². The van der Waals surface area contributed by atoms with Crippen LogP contribution in [-0.2, 0) is 21.0 Å². The number of aromatic nitrogens is 1. The molecule has 0 aliphatic rings. The molecule has 0 amide bonds. The second-order valence-corrected chi connectivity index (χ2v) is 5.14. The maximum Gasteiger partial charge on any atom is 0.452 e. The van der Waals surface area contributed by atoms with Gasteiger partial charge >= 0.3 is 6.18 Å². The lowest BCUT2D eigenvalue weighted by Crippen LogP contribution is -2.02. The molecule has 0 unspecified atom stereocenters. The summed E-state index contributed by atoms with van der Waals surface area (Å²) in [6, 6.07) is 0.486. The van der Waals surface area contributed by atoms with E-state index < -0.39 is 26.7 Å². The summed E-state index contributed by atoms with van der Waals surface area (Å²) in [5.41, 5.74) is -0.382. The van der Waals surface area contributed by atoms with Crippen molar-refractivity contribution >= 4 is 19.7 Å². The van der Waals surface area contributed by atoms with E-state index in [0.717, 1.165) is 0 Å². The van der Waals surface area contributed by atoms with Crippen LogP contribution in [0.5, 0.6) is 0 Å². The van der Waals surface area contributed by atoms with Crippen LogP contribution in [-0.4, -0.2) is 13.6 Å². The highest BCUT2D eigenvalue weighted by molar-refractivity contribution is 8.13. The van der Waals surface area contributed by atoms with Gasteiger partial charge in [0.1, 0.15) is 11.4 Å². The van der Waals surface area contributed by atoms with Crippen LogP contribution in [0.1, 0.15) is 11.5 Å². The minimum absolute atomic E-state index is 0.382. The minimum Gasteiger partial charge on any atom is -0.351 e. The average molecular weight is 250 g/mol. The van der Waals surface area contributed by atoms with Crippen molar-refractivity contribution in [1.82, 2.24) is 5.16 Å². The van der Waals surface area contributed by atoms with E-state index in [1.54, 1.807) is 0 Å². The number of hydrogen-bond donors (Lipinski definition) is 0. The summed E-state index contributed by atoms with van der Waals surface area (Å²) in [6.45, 7) is 0. The molecule has 0 saturated heterocycles. The van der Waals surface area contributed by atoms with Gasteiger partial charge in [0.2, 0.25) is 14.8 Å². The fraction of sp³-hybridized carbons (Fsp3) is 0.400. The summed E-state index contributed by atoms with van der Waals surface area (Å²) in [5.74, 6) is -2.15. The molecule has 0 saturated carbocycles.